The molecular formula is C15H20N4O3. The number of hydrogen-bond acceptors (Lipinski definition) is 6. The molecule has 0 spiro atoms. The Morgan fingerprint density at radius 1 is 1.36 bits per heavy atom. The molecule has 0 saturated heterocycles. The zero-order chi connectivity index (χ0) is 15.9. The van der Waals surface area contributed by atoms with Gasteiger partial charge in [-0.2, -0.15) is 0 Å². The number of esters is 1. The molecule has 2 N–H and O–H groups in total. The average molecular weight is 304 g/mol. The topological polar surface area (TPSA) is 89.1 Å². The smallest absolute Gasteiger partial charge is 0.378 e. The van der Waals surface area contributed by atoms with E-state index in [4.69, 9.17) is 9.47 Å². The highest BCUT2D eigenvalue weighted by Gasteiger charge is 2.13. The number of nitrogens with zero attached hydrogens (tertiary/aromatic N) is 2. The zero-order valence-electron chi connectivity index (χ0n) is 13.0. The third kappa shape index (κ3) is 4.05. The van der Waals surface area contributed by atoms with E-state index in [1.807, 2.05) is 25.1 Å². The first kappa shape index (κ1) is 16.0. The molecule has 0 fully saturated rings. The largest absolute Gasteiger partial charge is 0.496 e. The van der Waals surface area contributed by atoms with Crippen molar-refractivity contribution < 1.29 is 14.3 Å². The third-order valence-electron chi connectivity index (χ3n) is 3.04. The van der Waals surface area contributed by atoms with Crippen LogP contribution < -0.4 is 10.1 Å². The highest BCUT2D eigenvalue weighted by molar-refractivity contribution is 5.84. The van der Waals surface area contributed by atoms with E-state index >= 15 is 0 Å². The molecule has 1 aromatic heterocycles. The van der Waals surface area contributed by atoms with Gasteiger partial charge in [0.25, 0.3) is 5.82 Å². The van der Waals surface area contributed by atoms with Crippen LogP contribution >= 0.6 is 0 Å². The number of aromatic nitrogens is 3. The van der Waals surface area contributed by atoms with Crippen LogP contribution in [0.5, 0.6) is 5.75 Å². The van der Waals surface area contributed by atoms with E-state index in [-0.39, 0.29) is 5.82 Å². The summed E-state index contributed by atoms with van der Waals surface area (Å²) < 4.78 is 10.2. The number of carbonyl (C=O) groups is 1. The molecule has 1 aromatic carbocycles. The summed E-state index contributed by atoms with van der Waals surface area (Å²) in [6.07, 6.45) is 0. The number of benzene rings is 1. The number of methoxy groups -OCH3 is 1. The summed E-state index contributed by atoms with van der Waals surface area (Å²) in [7, 11) is 1.65. The maximum Gasteiger partial charge on any atom is 0.378 e. The Morgan fingerprint density at radius 2 is 2.18 bits per heavy atom. The molecule has 0 unspecified atom stereocenters. The minimum Gasteiger partial charge on any atom is -0.496 e. The predicted octanol–water partition coefficient (Wildman–Crippen LogP) is 1.59. The Bertz CT molecular complexity index is 639. The molecule has 7 nitrogen and oxygen atoms in total. The molecule has 0 aliphatic carbocycles. The van der Waals surface area contributed by atoms with Crippen LogP contribution in [0, 0.1) is 6.92 Å². The molecule has 0 bridgehead atoms. The van der Waals surface area contributed by atoms with Crippen LogP contribution in [-0.4, -0.2) is 34.9 Å². The van der Waals surface area contributed by atoms with Crippen LogP contribution in [-0.2, 0) is 17.8 Å². The van der Waals surface area contributed by atoms with Gasteiger partial charge >= 0.3 is 5.97 Å². The lowest BCUT2D eigenvalue weighted by atomic mass is 10.1. The number of H-pyrrole nitrogens is 1. The van der Waals surface area contributed by atoms with Crippen LogP contribution in [0.3, 0.4) is 0 Å². The molecule has 0 saturated carbocycles. The molecule has 0 aliphatic rings. The average Bonchev–Trinajstić information content (AvgIpc) is 2.98. The van der Waals surface area contributed by atoms with Gasteiger partial charge in [-0.3, -0.25) is 5.10 Å². The Morgan fingerprint density at radius 3 is 2.91 bits per heavy atom. The second kappa shape index (κ2) is 7.56. The van der Waals surface area contributed by atoms with E-state index in [1.54, 1.807) is 14.0 Å². The molecule has 7 heteroatoms. The van der Waals surface area contributed by atoms with Gasteiger partial charge in [0, 0.05) is 12.1 Å². The van der Waals surface area contributed by atoms with Gasteiger partial charge in [-0.15, -0.1) is 5.10 Å². The molecule has 118 valence electrons. The number of nitrogens with one attached hydrogen (secondary N) is 2. The van der Waals surface area contributed by atoms with E-state index in [0.717, 1.165) is 16.9 Å². The number of carbonyl (C=O) groups excluding carboxylic acids is 1. The summed E-state index contributed by atoms with van der Waals surface area (Å²) in [6, 6.07) is 6.04. The standard InChI is InChI=1S/C15H20N4O3/c1-4-22-15(20)14-17-13(18-19-14)9-16-8-11-6-5-10(2)7-12(11)21-3/h5-7,16H,4,8-9H2,1-3H3,(H,17,18,19). The molecule has 0 amide bonds. The highest BCUT2D eigenvalue weighted by Crippen LogP contribution is 2.19. The molecule has 1 heterocycles. The minimum absolute atomic E-state index is 0.0477. The van der Waals surface area contributed by atoms with E-state index in [2.05, 4.69) is 20.5 Å². The number of hydrogen-bond donors (Lipinski definition) is 2. The van der Waals surface area contributed by atoms with Crippen molar-refractivity contribution in [2.75, 3.05) is 13.7 Å². The Kier molecular flexibility index (Phi) is 5.48. The van der Waals surface area contributed by atoms with E-state index in [0.29, 0.717) is 25.5 Å². The Hall–Kier alpha value is -2.41. The normalized spacial score (nSPS) is 10.5. The second-order valence-electron chi connectivity index (χ2n) is 4.75. The lowest BCUT2D eigenvalue weighted by molar-refractivity contribution is 0.0512. The monoisotopic (exact) mass is 304 g/mol. The summed E-state index contributed by atoms with van der Waals surface area (Å²) in [5.74, 6) is 0.947. The van der Waals surface area contributed by atoms with Crippen LogP contribution in [0.4, 0.5) is 0 Å². The van der Waals surface area contributed by atoms with Gasteiger partial charge in [0.2, 0.25) is 0 Å². The summed E-state index contributed by atoms with van der Waals surface area (Å²) in [5, 5.41) is 9.77. The maximum absolute atomic E-state index is 11.5. The number of aromatic amines is 1. The van der Waals surface area contributed by atoms with Gasteiger partial charge in [0.05, 0.1) is 20.3 Å². The molecule has 0 radical (unpaired) electrons. The van der Waals surface area contributed by atoms with Gasteiger partial charge in [0.15, 0.2) is 0 Å². The fourth-order valence-electron chi connectivity index (χ4n) is 1.97. The van der Waals surface area contributed by atoms with Gasteiger partial charge in [0.1, 0.15) is 11.6 Å². The zero-order valence-corrected chi connectivity index (χ0v) is 13.0. The first-order valence-corrected chi connectivity index (χ1v) is 7.06. The van der Waals surface area contributed by atoms with Crippen LogP contribution in [0.15, 0.2) is 18.2 Å². The highest BCUT2D eigenvalue weighted by atomic mass is 16.5. The van der Waals surface area contributed by atoms with Gasteiger partial charge in [-0.05, 0) is 25.5 Å². The number of aryl methyl sites for hydroxylation is 1. The third-order valence-corrected chi connectivity index (χ3v) is 3.04. The number of ether oxygens (including phenoxy) is 2. The second-order valence-corrected chi connectivity index (χ2v) is 4.75. The Balaban J connectivity index is 1.90. The summed E-state index contributed by atoms with van der Waals surface area (Å²) in [4.78, 5) is 15.5. The predicted molar refractivity (Wildman–Crippen MR) is 80.6 cm³/mol. The van der Waals surface area contributed by atoms with E-state index < -0.39 is 5.97 Å². The van der Waals surface area contributed by atoms with E-state index in [9.17, 15) is 4.79 Å². The SMILES string of the molecule is CCOC(=O)c1n[nH]c(CNCc2ccc(C)cc2OC)n1. The van der Waals surface area contributed by atoms with Gasteiger partial charge in [-0.1, -0.05) is 12.1 Å². The van der Waals surface area contributed by atoms with Crippen molar-refractivity contribution in [2.45, 2.75) is 26.9 Å². The molecule has 0 aliphatic heterocycles. The molecule has 2 aromatic rings. The summed E-state index contributed by atoms with van der Waals surface area (Å²) >= 11 is 0. The van der Waals surface area contributed by atoms with Crippen molar-refractivity contribution in [3.05, 3.63) is 41.0 Å². The quantitative estimate of drug-likeness (QED) is 0.755. The van der Waals surface area contributed by atoms with Crippen molar-refractivity contribution in [2.24, 2.45) is 0 Å². The summed E-state index contributed by atoms with van der Waals surface area (Å²) in [5.41, 5.74) is 2.20. The lowest BCUT2D eigenvalue weighted by Crippen LogP contribution is -2.14. The van der Waals surface area contributed by atoms with Gasteiger partial charge in [-0.25, -0.2) is 9.78 Å². The maximum atomic E-state index is 11.5. The fraction of sp³-hybridized carbons (Fsp3) is 0.400. The van der Waals surface area contributed by atoms with Crippen LogP contribution in [0.2, 0.25) is 0 Å². The fourth-order valence-corrected chi connectivity index (χ4v) is 1.97. The van der Waals surface area contributed by atoms with Crippen molar-refractivity contribution in [3.63, 3.8) is 0 Å². The van der Waals surface area contributed by atoms with Crippen molar-refractivity contribution in [3.8, 4) is 5.75 Å². The molecule has 2 rings (SSSR count). The van der Waals surface area contributed by atoms with Crippen molar-refractivity contribution >= 4 is 5.97 Å². The lowest BCUT2D eigenvalue weighted by Gasteiger charge is -2.09. The first-order valence-electron chi connectivity index (χ1n) is 7.06. The van der Waals surface area contributed by atoms with E-state index in [1.165, 1.54) is 0 Å². The summed E-state index contributed by atoms with van der Waals surface area (Å²) in [6.45, 7) is 5.14. The van der Waals surface area contributed by atoms with Crippen molar-refractivity contribution in [1.29, 1.82) is 0 Å². The van der Waals surface area contributed by atoms with Crippen LogP contribution in [0.1, 0.15) is 34.5 Å². The minimum atomic E-state index is -0.523. The van der Waals surface area contributed by atoms with Crippen molar-refractivity contribution in [1.82, 2.24) is 20.5 Å². The first-order chi connectivity index (χ1) is 10.6. The molecular weight excluding hydrogens is 284 g/mol. The Labute approximate surface area is 129 Å². The number of rotatable bonds is 7. The molecule has 22 heavy (non-hydrogen) atoms. The molecule has 0 atom stereocenters. The van der Waals surface area contributed by atoms with Crippen LogP contribution in [0.25, 0.3) is 0 Å². The van der Waals surface area contributed by atoms with Gasteiger partial charge < -0.3 is 14.8 Å².